The number of fused-ring (bicyclic) bond motifs is 1. The lowest BCUT2D eigenvalue weighted by atomic mass is 9.63. The lowest BCUT2D eigenvalue weighted by molar-refractivity contribution is -0.140. The molecule has 7 heteroatoms. The van der Waals surface area contributed by atoms with Crippen molar-refractivity contribution in [2.75, 3.05) is 19.8 Å². The van der Waals surface area contributed by atoms with E-state index in [0.29, 0.717) is 18.2 Å². The first-order chi connectivity index (χ1) is 20.8. The van der Waals surface area contributed by atoms with Gasteiger partial charge < -0.3 is 25.6 Å². The number of ether oxygens (including phenoxy) is 1. The van der Waals surface area contributed by atoms with Crippen LogP contribution < -0.4 is 15.4 Å². The Hall–Kier alpha value is -3.68. The Morgan fingerprint density at radius 1 is 0.841 bits per heavy atom. The van der Waals surface area contributed by atoms with E-state index in [1.54, 1.807) is 12.1 Å². The highest BCUT2D eigenvalue weighted by molar-refractivity contribution is 5.97. The molecule has 0 heterocycles. The van der Waals surface area contributed by atoms with Gasteiger partial charge in [-0.3, -0.25) is 4.79 Å². The van der Waals surface area contributed by atoms with Crippen LogP contribution in [0.2, 0.25) is 0 Å². The predicted molar refractivity (Wildman–Crippen MR) is 176 cm³/mol. The number of carbonyl (C=O) groups is 2. The fourth-order valence-corrected chi connectivity index (χ4v) is 5.86. The van der Waals surface area contributed by atoms with E-state index in [1.165, 1.54) is 11.1 Å². The Morgan fingerprint density at radius 3 is 2.11 bits per heavy atom. The lowest BCUT2D eigenvalue weighted by Crippen LogP contribution is -2.43. The topological polar surface area (TPSA) is 108 Å². The van der Waals surface area contributed by atoms with Crippen LogP contribution in [0.1, 0.15) is 88.7 Å². The summed E-state index contributed by atoms with van der Waals surface area (Å²) >= 11 is 0. The van der Waals surface area contributed by atoms with Gasteiger partial charge in [0.15, 0.2) is 6.04 Å². The van der Waals surface area contributed by atoms with Gasteiger partial charge in [-0.1, -0.05) is 77.9 Å². The van der Waals surface area contributed by atoms with E-state index in [9.17, 15) is 14.7 Å². The quantitative estimate of drug-likeness (QED) is 0.163. The van der Waals surface area contributed by atoms with Crippen molar-refractivity contribution < 1.29 is 24.5 Å². The highest BCUT2D eigenvalue weighted by atomic mass is 16.5. The molecular weight excluding hydrogens is 552 g/mol. The number of hydrogen-bond donors (Lipinski definition) is 4. The van der Waals surface area contributed by atoms with E-state index < -0.39 is 24.5 Å². The number of unbranched alkanes of at least 4 members (excludes halogenated alkanes) is 1. The molecule has 0 bridgehead atoms. The van der Waals surface area contributed by atoms with E-state index in [0.717, 1.165) is 60.2 Å². The fourth-order valence-electron chi connectivity index (χ4n) is 5.86. The van der Waals surface area contributed by atoms with Gasteiger partial charge >= 0.3 is 5.97 Å². The maximum atomic E-state index is 12.6. The summed E-state index contributed by atoms with van der Waals surface area (Å²) in [4.78, 5) is 23.8. The van der Waals surface area contributed by atoms with E-state index >= 15 is 0 Å². The zero-order valence-corrected chi connectivity index (χ0v) is 27.0. The molecule has 3 aromatic carbocycles. The van der Waals surface area contributed by atoms with Crippen LogP contribution in [-0.2, 0) is 15.6 Å². The molecule has 0 saturated heterocycles. The Kier molecular flexibility index (Phi) is 10.5. The molecule has 44 heavy (non-hydrogen) atoms. The van der Waals surface area contributed by atoms with Crippen LogP contribution in [0, 0.1) is 0 Å². The van der Waals surface area contributed by atoms with Crippen molar-refractivity contribution in [3.8, 4) is 28.0 Å². The molecule has 0 aliphatic heterocycles. The molecule has 0 saturated carbocycles. The summed E-state index contributed by atoms with van der Waals surface area (Å²) in [6.07, 6.45) is 4.29. The molecule has 1 atom stereocenters. The summed E-state index contributed by atoms with van der Waals surface area (Å²) in [5.41, 5.74) is 7.38. The maximum absolute atomic E-state index is 12.6. The van der Waals surface area contributed by atoms with Crippen LogP contribution >= 0.6 is 0 Å². The molecule has 1 aliphatic carbocycles. The van der Waals surface area contributed by atoms with Gasteiger partial charge in [-0.2, -0.15) is 0 Å². The van der Waals surface area contributed by atoms with Gasteiger partial charge in [0.25, 0.3) is 5.91 Å². The van der Waals surface area contributed by atoms with Gasteiger partial charge in [-0.05, 0) is 95.1 Å². The molecule has 0 aromatic heterocycles. The van der Waals surface area contributed by atoms with Crippen LogP contribution in [0.25, 0.3) is 22.3 Å². The van der Waals surface area contributed by atoms with Crippen molar-refractivity contribution in [1.82, 2.24) is 10.6 Å². The second kappa shape index (κ2) is 14.0. The highest BCUT2D eigenvalue weighted by Gasteiger charge is 2.37. The Balaban J connectivity index is 1.65. The fraction of sp³-hybridized carbons (Fsp3) is 0.459. The maximum Gasteiger partial charge on any atom is 0.328 e. The van der Waals surface area contributed by atoms with Crippen LogP contribution in [-0.4, -0.2) is 53.9 Å². The van der Waals surface area contributed by atoms with E-state index in [1.807, 2.05) is 24.3 Å². The summed E-state index contributed by atoms with van der Waals surface area (Å²) in [6.45, 7) is 14.6. The third-order valence-electron chi connectivity index (χ3n) is 8.79. The number of aliphatic hydroxyl groups excluding tert-OH is 1. The zero-order valence-electron chi connectivity index (χ0n) is 27.0. The van der Waals surface area contributed by atoms with Crippen molar-refractivity contribution in [3.63, 3.8) is 0 Å². The second-order valence-electron chi connectivity index (χ2n) is 13.5. The minimum absolute atomic E-state index is 0.0784. The van der Waals surface area contributed by atoms with Gasteiger partial charge in [0.2, 0.25) is 0 Å². The third-order valence-corrected chi connectivity index (χ3v) is 8.79. The van der Waals surface area contributed by atoms with Crippen LogP contribution in [0.15, 0.2) is 60.7 Å². The van der Waals surface area contributed by atoms with Crippen LogP contribution in [0.3, 0.4) is 0 Å². The van der Waals surface area contributed by atoms with Gasteiger partial charge in [0, 0.05) is 17.2 Å². The number of carbonyl (C=O) groups excluding carboxylic acids is 1. The molecule has 0 spiro atoms. The van der Waals surface area contributed by atoms with Crippen molar-refractivity contribution in [1.29, 1.82) is 0 Å². The molecule has 0 radical (unpaired) electrons. The van der Waals surface area contributed by atoms with Crippen molar-refractivity contribution in [3.05, 3.63) is 77.4 Å². The minimum Gasteiger partial charge on any atom is -0.493 e. The molecule has 1 aliphatic rings. The van der Waals surface area contributed by atoms with E-state index in [2.05, 4.69) is 76.4 Å². The van der Waals surface area contributed by atoms with Crippen molar-refractivity contribution >= 4 is 11.9 Å². The van der Waals surface area contributed by atoms with Crippen LogP contribution in [0.4, 0.5) is 0 Å². The number of benzene rings is 3. The SMILES string of the molecule is CC(C)NCCCCOc1ccc(-c2ccc(C(=O)NC(CO)C(=O)O)cc2)cc1-c1ccc2c(c1)C(C)(C)CCC2(C)C. The van der Waals surface area contributed by atoms with E-state index in [-0.39, 0.29) is 10.8 Å². The largest absolute Gasteiger partial charge is 0.493 e. The van der Waals surface area contributed by atoms with Crippen molar-refractivity contribution in [2.24, 2.45) is 0 Å². The minimum atomic E-state index is -1.35. The number of rotatable bonds is 13. The number of aliphatic hydroxyl groups is 1. The van der Waals surface area contributed by atoms with Gasteiger partial charge in [0.05, 0.1) is 13.2 Å². The van der Waals surface area contributed by atoms with Gasteiger partial charge in [0.1, 0.15) is 5.75 Å². The second-order valence-corrected chi connectivity index (χ2v) is 13.5. The average molecular weight is 601 g/mol. The first kappa shape index (κ1) is 33.2. The normalized spacial score (nSPS) is 15.8. The summed E-state index contributed by atoms with van der Waals surface area (Å²) in [5.74, 6) is -0.989. The molecule has 7 nitrogen and oxygen atoms in total. The summed E-state index contributed by atoms with van der Waals surface area (Å²) in [7, 11) is 0. The van der Waals surface area contributed by atoms with Crippen LogP contribution in [0.5, 0.6) is 5.75 Å². The smallest absolute Gasteiger partial charge is 0.328 e. The summed E-state index contributed by atoms with van der Waals surface area (Å²) in [5, 5.41) is 24.2. The number of carboxylic acid groups (broad SMARTS) is 1. The number of amides is 1. The van der Waals surface area contributed by atoms with Gasteiger partial charge in [-0.15, -0.1) is 0 Å². The third kappa shape index (κ3) is 7.88. The average Bonchev–Trinajstić information content (AvgIpc) is 2.99. The molecule has 1 amide bonds. The number of aliphatic carboxylic acids is 1. The molecule has 236 valence electrons. The number of carboxylic acids is 1. The standard InChI is InChI=1S/C37H48N2O5/c1-24(2)38-19-7-8-20-44-33-16-14-27(25-9-11-26(12-10-25)34(41)39-32(23-40)35(42)43)21-29(33)28-13-15-30-31(22-28)37(5,6)18-17-36(30,3)4/h9-16,21-22,24,32,38,40H,7-8,17-20,23H2,1-6H3,(H,39,41)(H,42,43). The molecule has 4 N–H and O–H groups in total. The zero-order chi connectivity index (χ0) is 32.1. The highest BCUT2D eigenvalue weighted by Crippen LogP contribution is 2.47. The molecule has 1 unspecified atom stereocenters. The Morgan fingerprint density at radius 2 is 1.48 bits per heavy atom. The van der Waals surface area contributed by atoms with Gasteiger partial charge in [-0.25, -0.2) is 4.79 Å². The predicted octanol–water partition coefficient (Wildman–Crippen LogP) is 6.70. The number of nitrogens with one attached hydrogen (secondary N) is 2. The summed E-state index contributed by atoms with van der Waals surface area (Å²) in [6, 6.07) is 19.2. The summed E-state index contributed by atoms with van der Waals surface area (Å²) < 4.78 is 6.39. The first-order valence-corrected chi connectivity index (χ1v) is 15.7. The van der Waals surface area contributed by atoms with E-state index in [4.69, 9.17) is 9.84 Å². The molecule has 4 rings (SSSR count). The Labute approximate surface area is 262 Å². The molecule has 3 aromatic rings. The monoisotopic (exact) mass is 600 g/mol. The number of hydrogen-bond acceptors (Lipinski definition) is 5. The Bertz CT molecular complexity index is 1460. The lowest BCUT2D eigenvalue weighted by Gasteiger charge is -2.42. The first-order valence-electron chi connectivity index (χ1n) is 15.7. The molecular formula is C37H48N2O5. The van der Waals surface area contributed by atoms with Crippen molar-refractivity contribution in [2.45, 2.75) is 90.1 Å². The molecule has 0 fully saturated rings.